The molecule has 2 rings (SSSR count). The Morgan fingerprint density at radius 3 is 2.89 bits per heavy atom. The van der Waals surface area contributed by atoms with Crippen LogP contribution in [0.15, 0.2) is 21.8 Å². The Morgan fingerprint density at radius 1 is 1.58 bits per heavy atom. The van der Waals surface area contributed by atoms with Crippen molar-refractivity contribution in [1.29, 1.82) is 0 Å². The molecule has 1 unspecified atom stereocenters. The molecule has 106 valence electrons. The molecule has 0 radical (unpaired) electrons. The summed E-state index contributed by atoms with van der Waals surface area (Å²) >= 11 is 1.76. The Labute approximate surface area is 120 Å². The van der Waals surface area contributed by atoms with E-state index in [1.165, 1.54) is 12.0 Å². The average molecular weight is 279 g/mol. The normalized spacial score (nSPS) is 20.6. The van der Waals surface area contributed by atoms with Crippen LogP contribution in [0.4, 0.5) is 0 Å². The van der Waals surface area contributed by atoms with Gasteiger partial charge in [0.2, 0.25) is 0 Å². The molecule has 1 aromatic rings. The van der Waals surface area contributed by atoms with E-state index in [2.05, 4.69) is 52.8 Å². The molecule has 3 nitrogen and oxygen atoms in total. The number of likely N-dealkylation sites (tertiary alicyclic amines) is 1. The highest BCUT2D eigenvalue weighted by Gasteiger charge is 2.30. The molecule has 0 saturated carbocycles. The van der Waals surface area contributed by atoms with Crippen molar-refractivity contribution in [3.63, 3.8) is 0 Å². The predicted molar refractivity (Wildman–Crippen MR) is 84.1 cm³/mol. The lowest BCUT2D eigenvalue weighted by molar-refractivity contribution is 0.370. The molecule has 1 aliphatic rings. The molecule has 0 aromatic carbocycles. The summed E-state index contributed by atoms with van der Waals surface area (Å²) in [5, 5.41) is 7.89. The summed E-state index contributed by atoms with van der Waals surface area (Å²) in [6.45, 7) is 10.1. The number of aliphatic imine (C=N–C) groups is 1. The molecule has 1 atom stereocenters. The van der Waals surface area contributed by atoms with Crippen LogP contribution in [0.5, 0.6) is 0 Å². The highest BCUT2D eigenvalue weighted by molar-refractivity contribution is 7.07. The summed E-state index contributed by atoms with van der Waals surface area (Å²) in [5.74, 6) is 1.58. The molecule has 0 aliphatic carbocycles. The molecule has 0 bridgehead atoms. The van der Waals surface area contributed by atoms with Crippen molar-refractivity contribution in [2.45, 2.75) is 33.1 Å². The van der Waals surface area contributed by atoms with Crippen molar-refractivity contribution in [2.24, 2.45) is 10.4 Å². The van der Waals surface area contributed by atoms with Crippen molar-refractivity contribution >= 4 is 17.3 Å². The van der Waals surface area contributed by atoms with Gasteiger partial charge in [-0.25, -0.2) is 0 Å². The number of nitrogens with zero attached hydrogens (tertiary/aromatic N) is 2. The fourth-order valence-electron chi connectivity index (χ4n) is 2.54. The van der Waals surface area contributed by atoms with Gasteiger partial charge < -0.3 is 10.2 Å². The third kappa shape index (κ3) is 3.72. The van der Waals surface area contributed by atoms with Crippen LogP contribution < -0.4 is 5.32 Å². The van der Waals surface area contributed by atoms with Gasteiger partial charge in [-0.2, -0.15) is 11.3 Å². The number of guanidine groups is 1. The van der Waals surface area contributed by atoms with Crippen LogP contribution in [0.1, 0.15) is 38.7 Å². The molecule has 1 fully saturated rings. The molecule has 19 heavy (non-hydrogen) atoms. The van der Waals surface area contributed by atoms with Gasteiger partial charge in [0.05, 0.1) is 0 Å². The van der Waals surface area contributed by atoms with Crippen molar-refractivity contribution < 1.29 is 0 Å². The fourth-order valence-corrected chi connectivity index (χ4v) is 3.33. The van der Waals surface area contributed by atoms with Crippen LogP contribution in [0, 0.1) is 5.41 Å². The summed E-state index contributed by atoms with van der Waals surface area (Å²) in [6, 6.07) is 2.21. The lowest BCUT2D eigenvalue weighted by atomic mass is 9.93. The highest BCUT2D eigenvalue weighted by atomic mass is 32.1. The van der Waals surface area contributed by atoms with Gasteiger partial charge in [0.1, 0.15) is 0 Å². The van der Waals surface area contributed by atoms with Crippen molar-refractivity contribution in [3.05, 3.63) is 22.4 Å². The lowest BCUT2D eigenvalue weighted by Crippen LogP contribution is -2.42. The molecule has 0 amide bonds. The van der Waals surface area contributed by atoms with E-state index < -0.39 is 0 Å². The van der Waals surface area contributed by atoms with Crippen molar-refractivity contribution in [2.75, 3.05) is 26.7 Å². The Balaban J connectivity index is 1.87. The molecule has 2 heterocycles. The summed E-state index contributed by atoms with van der Waals surface area (Å²) < 4.78 is 0. The van der Waals surface area contributed by atoms with E-state index in [4.69, 9.17) is 0 Å². The molecular formula is C15H25N3S. The monoisotopic (exact) mass is 279 g/mol. The van der Waals surface area contributed by atoms with E-state index in [-0.39, 0.29) is 0 Å². The van der Waals surface area contributed by atoms with E-state index in [9.17, 15) is 0 Å². The minimum Gasteiger partial charge on any atom is -0.356 e. The topological polar surface area (TPSA) is 27.6 Å². The van der Waals surface area contributed by atoms with Crippen LogP contribution in [-0.2, 0) is 0 Å². The van der Waals surface area contributed by atoms with Crippen LogP contribution in [0.3, 0.4) is 0 Å². The maximum Gasteiger partial charge on any atom is 0.193 e. The zero-order valence-corrected chi connectivity index (χ0v) is 13.3. The predicted octanol–water partition coefficient (Wildman–Crippen LogP) is 3.16. The van der Waals surface area contributed by atoms with Crippen LogP contribution >= 0.6 is 11.3 Å². The van der Waals surface area contributed by atoms with E-state index >= 15 is 0 Å². The Hall–Kier alpha value is -1.03. The van der Waals surface area contributed by atoms with E-state index in [1.54, 1.807) is 11.3 Å². The first kappa shape index (κ1) is 14.4. The van der Waals surface area contributed by atoms with Gasteiger partial charge in [0.25, 0.3) is 0 Å². The first-order valence-corrected chi connectivity index (χ1v) is 7.94. The van der Waals surface area contributed by atoms with Gasteiger partial charge in [0.15, 0.2) is 5.96 Å². The standard InChI is InChI=1S/C15H25N3S/c1-12(13-5-8-19-10-13)9-17-14(16-4)18-7-6-15(2,3)11-18/h5,8,10,12H,6-7,9,11H2,1-4H3,(H,16,17). The third-order valence-corrected chi connectivity index (χ3v) is 4.57. The van der Waals surface area contributed by atoms with Gasteiger partial charge >= 0.3 is 0 Å². The molecular weight excluding hydrogens is 254 g/mol. The second-order valence-corrected chi connectivity index (χ2v) is 7.00. The van der Waals surface area contributed by atoms with Crippen LogP contribution in [0.25, 0.3) is 0 Å². The van der Waals surface area contributed by atoms with Gasteiger partial charge in [-0.1, -0.05) is 20.8 Å². The van der Waals surface area contributed by atoms with E-state index in [1.807, 2.05) is 7.05 Å². The van der Waals surface area contributed by atoms with Gasteiger partial charge in [-0.15, -0.1) is 0 Å². The van der Waals surface area contributed by atoms with E-state index in [0.717, 1.165) is 25.6 Å². The number of nitrogens with one attached hydrogen (secondary N) is 1. The van der Waals surface area contributed by atoms with Crippen molar-refractivity contribution in [3.8, 4) is 0 Å². The van der Waals surface area contributed by atoms with Gasteiger partial charge in [-0.05, 0) is 40.1 Å². The van der Waals surface area contributed by atoms with Gasteiger partial charge in [-0.3, -0.25) is 4.99 Å². The average Bonchev–Trinajstić information content (AvgIpc) is 2.99. The zero-order valence-electron chi connectivity index (χ0n) is 12.4. The minimum absolute atomic E-state index is 0.413. The second kappa shape index (κ2) is 5.95. The maximum atomic E-state index is 4.42. The first-order valence-electron chi connectivity index (χ1n) is 6.99. The molecule has 0 spiro atoms. The Morgan fingerprint density at radius 2 is 2.37 bits per heavy atom. The summed E-state index contributed by atoms with van der Waals surface area (Å²) in [4.78, 5) is 6.80. The molecule has 1 aliphatic heterocycles. The number of hydrogen-bond donors (Lipinski definition) is 1. The SMILES string of the molecule is CN=C(NCC(C)c1ccsc1)N1CCC(C)(C)C1. The summed E-state index contributed by atoms with van der Waals surface area (Å²) in [7, 11) is 1.88. The van der Waals surface area contributed by atoms with Crippen LogP contribution in [-0.4, -0.2) is 37.5 Å². The minimum atomic E-state index is 0.413. The molecule has 1 aromatic heterocycles. The number of hydrogen-bond acceptors (Lipinski definition) is 2. The highest BCUT2D eigenvalue weighted by Crippen LogP contribution is 2.28. The summed E-state index contributed by atoms with van der Waals surface area (Å²) in [6.07, 6.45) is 1.24. The largest absolute Gasteiger partial charge is 0.356 e. The smallest absolute Gasteiger partial charge is 0.193 e. The molecule has 1 saturated heterocycles. The Kier molecular flexibility index (Phi) is 4.50. The van der Waals surface area contributed by atoms with Crippen molar-refractivity contribution in [1.82, 2.24) is 10.2 Å². The number of rotatable bonds is 3. The van der Waals surface area contributed by atoms with E-state index in [0.29, 0.717) is 11.3 Å². The maximum absolute atomic E-state index is 4.42. The molecule has 1 N–H and O–H groups in total. The first-order chi connectivity index (χ1) is 9.02. The third-order valence-electron chi connectivity index (χ3n) is 3.87. The van der Waals surface area contributed by atoms with Gasteiger partial charge in [0, 0.05) is 26.7 Å². The lowest BCUT2D eigenvalue weighted by Gasteiger charge is -2.24. The number of thiophene rings is 1. The van der Waals surface area contributed by atoms with Crippen LogP contribution in [0.2, 0.25) is 0 Å². The molecule has 4 heteroatoms. The summed E-state index contributed by atoms with van der Waals surface area (Å²) in [5.41, 5.74) is 1.83. The Bertz CT molecular complexity index is 423. The quantitative estimate of drug-likeness (QED) is 0.680. The zero-order chi connectivity index (χ0) is 13.9. The fraction of sp³-hybridized carbons (Fsp3) is 0.667. The second-order valence-electron chi connectivity index (χ2n) is 6.22.